The fraction of sp³-hybridized carbons (Fsp3) is 0.465. The number of fused-ring (bicyclic) bond motifs is 12. The second kappa shape index (κ2) is 15.3. The van der Waals surface area contributed by atoms with Crippen LogP contribution in [-0.4, -0.2) is 12.3 Å². The summed E-state index contributed by atoms with van der Waals surface area (Å²) < 4.78 is 7.76. The lowest BCUT2D eigenvalue weighted by atomic mass is 9.35. The maximum Gasteiger partial charge on any atom is 0.297 e. The molecule has 4 nitrogen and oxygen atoms in total. The molecule has 5 heteroatoms. The van der Waals surface area contributed by atoms with Crippen LogP contribution in [-0.2, 0) is 37.9 Å². The van der Waals surface area contributed by atoms with Crippen molar-refractivity contribution in [1.29, 1.82) is 0 Å². The average molecular weight is 1000 g/mol. The summed E-state index contributed by atoms with van der Waals surface area (Å²) in [5.41, 5.74) is 26.8. The number of aryl methyl sites for hydroxylation is 1. The molecule has 1 fully saturated rings. The zero-order chi connectivity index (χ0) is 53.2. The molecule has 0 radical (unpaired) electrons. The molecule has 0 N–H and O–H groups in total. The molecule has 6 aromatic carbocycles. The van der Waals surface area contributed by atoms with E-state index in [2.05, 4.69) is 222 Å². The monoisotopic (exact) mass is 1000 g/mol. The Hall–Kier alpha value is -5.68. The lowest BCUT2D eigenvalue weighted by Crippen LogP contribution is -2.61. The first kappa shape index (κ1) is 48.7. The van der Waals surface area contributed by atoms with E-state index in [0.717, 1.165) is 30.5 Å². The molecule has 76 heavy (non-hydrogen) atoms. The lowest BCUT2D eigenvalue weighted by Gasteiger charge is -2.50. The van der Waals surface area contributed by atoms with Gasteiger partial charge in [0.1, 0.15) is 5.58 Å². The van der Waals surface area contributed by atoms with E-state index in [1.165, 1.54) is 151 Å². The van der Waals surface area contributed by atoms with E-state index in [9.17, 15) is 0 Å². The fourth-order valence-corrected chi connectivity index (χ4v) is 16.9. The summed E-state index contributed by atoms with van der Waals surface area (Å²) in [6.45, 7) is 36.9. The largest absolute Gasteiger partial charge is 0.468 e. The molecule has 0 amide bonds. The second-order valence-electron chi connectivity index (χ2n) is 29.7. The zero-order valence-electron chi connectivity index (χ0n) is 48.7. The average Bonchev–Trinajstić information content (AvgIpc) is 3.96. The first-order valence-electron chi connectivity index (χ1n) is 29.5. The predicted molar refractivity (Wildman–Crippen MR) is 324 cm³/mol. The lowest BCUT2D eigenvalue weighted by molar-refractivity contribution is 0.195. The normalized spacial score (nSPS) is 25.1. The molecule has 14 rings (SSSR count). The summed E-state index contributed by atoms with van der Waals surface area (Å²) >= 11 is 0. The van der Waals surface area contributed by atoms with Crippen molar-refractivity contribution >= 4 is 79.8 Å². The minimum Gasteiger partial charge on any atom is -0.468 e. The van der Waals surface area contributed by atoms with Crippen molar-refractivity contribution in [2.45, 2.75) is 212 Å². The molecule has 7 aliphatic rings. The van der Waals surface area contributed by atoms with E-state index in [4.69, 9.17) is 4.42 Å². The Kier molecular flexibility index (Phi) is 9.82. The standard InChI is InChI=1S/C71H82BN3O/c1-43-36-58-61-59(37-43)74(45-23-26-49-52(39-45)67(8,9)33-31-65(49,4)5)62-47-41-53-54(69(12,13)35-34-68(53,10)11)42-60(47)76-63(62)72(61)55-27-24-46(75-56-21-17-16-20-50(56)70(14)28-18-19-29-71(70,75)15)40-57(55)73(58)44-22-25-48-51(38-44)66(6,7)32-30-64(48,2)3/h16-17,20-27,36-42H,18-19,28-35H2,1-15H3. The van der Waals surface area contributed by atoms with Gasteiger partial charge in [0.15, 0.2) is 0 Å². The maximum atomic E-state index is 7.76. The molecule has 4 aliphatic carbocycles. The number of rotatable bonds is 3. The minimum absolute atomic E-state index is 0.0397. The minimum atomic E-state index is -0.134. The summed E-state index contributed by atoms with van der Waals surface area (Å²) in [4.78, 5) is 8.13. The van der Waals surface area contributed by atoms with Crippen LogP contribution in [0.5, 0.6) is 0 Å². The fourth-order valence-electron chi connectivity index (χ4n) is 16.9. The molecule has 0 saturated heterocycles. The molecule has 2 atom stereocenters. The Bertz CT molecular complexity index is 3660. The van der Waals surface area contributed by atoms with Crippen LogP contribution in [0.25, 0.3) is 11.0 Å². The van der Waals surface area contributed by atoms with Crippen molar-refractivity contribution in [3.8, 4) is 0 Å². The maximum absolute atomic E-state index is 7.76. The highest BCUT2D eigenvalue weighted by Crippen LogP contribution is 2.62. The van der Waals surface area contributed by atoms with E-state index in [1.807, 2.05) is 0 Å². The summed E-state index contributed by atoms with van der Waals surface area (Å²) in [5, 5.41) is 1.23. The molecule has 1 aromatic heterocycles. The third-order valence-electron chi connectivity index (χ3n) is 22.2. The third-order valence-corrected chi connectivity index (χ3v) is 22.2. The number of benzene rings is 6. The Labute approximate surface area is 455 Å². The van der Waals surface area contributed by atoms with Gasteiger partial charge in [0.05, 0.1) is 16.9 Å². The van der Waals surface area contributed by atoms with Gasteiger partial charge in [-0.15, -0.1) is 0 Å². The topological polar surface area (TPSA) is 22.9 Å². The first-order chi connectivity index (χ1) is 35.8. The quantitative estimate of drug-likeness (QED) is 0.165. The molecular weight excluding hydrogens is 922 g/mol. The van der Waals surface area contributed by atoms with Crippen LogP contribution in [0, 0.1) is 6.92 Å². The highest BCUT2D eigenvalue weighted by molar-refractivity contribution is 7.00. The molecule has 0 bridgehead atoms. The van der Waals surface area contributed by atoms with Crippen molar-refractivity contribution in [3.63, 3.8) is 0 Å². The first-order valence-corrected chi connectivity index (χ1v) is 29.5. The Balaban J connectivity index is 1.08. The molecular formula is C71H82BN3O. The Morgan fingerprint density at radius 2 is 0.921 bits per heavy atom. The smallest absolute Gasteiger partial charge is 0.297 e. The van der Waals surface area contributed by atoms with Crippen LogP contribution < -0.4 is 31.3 Å². The molecule has 1 saturated carbocycles. The van der Waals surface area contributed by atoms with Crippen LogP contribution in [0.4, 0.5) is 45.5 Å². The summed E-state index contributed by atoms with van der Waals surface area (Å²) in [5.74, 6) is 0. The molecule has 3 aliphatic heterocycles. The van der Waals surface area contributed by atoms with Crippen molar-refractivity contribution in [2.75, 3.05) is 14.7 Å². The van der Waals surface area contributed by atoms with Gasteiger partial charge < -0.3 is 19.1 Å². The Morgan fingerprint density at radius 1 is 0.421 bits per heavy atom. The van der Waals surface area contributed by atoms with Gasteiger partial charge in [0.2, 0.25) is 0 Å². The van der Waals surface area contributed by atoms with E-state index in [0.29, 0.717) is 0 Å². The summed E-state index contributed by atoms with van der Waals surface area (Å²) in [7, 11) is 0. The number of hydrogen-bond acceptors (Lipinski definition) is 4. The number of nitrogens with zero attached hydrogens (tertiary/aromatic N) is 3. The molecule has 7 aromatic rings. The van der Waals surface area contributed by atoms with Gasteiger partial charge in [-0.25, -0.2) is 0 Å². The number of hydrogen-bond donors (Lipinski definition) is 0. The van der Waals surface area contributed by atoms with Gasteiger partial charge in [-0.3, -0.25) is 0 Å². The van der Waals surface area contributed by atoms with Gasteiger partial charge in [-0.1, -0.05) is 139 Å². The van der Waals surface area contributed by atoms with Crippen molar-refractivity contribution in [1.82, 2.24) is 0 Å². The molecule has 4 heterocycles. The van der Waals surface area contributed by atoms with Crippen LogP contribution in [0.3, 0.4) is 0 Å². The van der Waals surface area contributed by atoms with Crippen LogP contribution in [0.1, 0.15) is 206 Å². The van der Waals surface area contributed by atoms with Gasteiger partial charge in [-0.2, -0.15) is 0 Å². The SMILES string of the molecule is Cc1cc2c3c(c1)N(c1ccc4c(c1)C(C)(C)CCC4(C)C)c1c(oc4cc5c(cc14)C(C)(C)CCC5(C)C)B3c1ccc(N3c4ccccc4C4(C)CCCCC34C)cc1N2c1ccc2c(c1)C(C)(C)CCC2(C)C. The molecule has 0 spiro atoms. The van der Waals surface area contributed by atoms with Crippen molar-refractivity contribution in [3.05, 3.63) is 148 Å². The van der Waals surface area contributed by atoms with E-state index in [-0.39, 0.29) is 50.2 Å². The van der Waals surface area contributed by atoms with E-state index in [1.54, 1.807) is 0 Å². The number of furan rings is 1. The van der Waals surface area contributed by atoms with Gasteiger partial charge in [-0.05, 0) is 220 Å². The zero-order valence-corrected chi connectivity index (χ0v) is 48.7. The number of anilines is 8. The molecule has 2 unspecified atom stereocenters. The number of para-hydroxylation sites is 1. The predicted octanol–water partition coefficient (Wildman–Crippen LogP) is 17.6. The third kappa shape index (κ3) is 6.44. The summed E-state index contributed by atoms with van der Waals surface area (Å²) in [6.07, 6.45) is 11.9. The van der Waals surface area contributed by atoms with Gasteiger partial charge >= 0.3 is 0 Å². The molecule has 390 valence electrons. The van der Waals surface area contributed by atoms with Crippen LogP contribution in [0.2, 0.25) is 0 Å². The second-order valence-corrected chi connectivity index (χ2v) is 29.7. The van der Waals surface area contributed by atoms with Gasteiger partial charge in [0.25, 0.3) is 6.71 Å². The Morgan fingerprint density at radius 3 is 1.53 bits per heavy atom. The van der Waals surface area contributed by atoms with E-state index < -0.39 is 0 Å². The van der Waals surface area contributed by atoms with Crippen molar-refractivity contribution in [2.24, 2.45) is 0 Å². The van der Waals surface area contributed by atoms with Crippen LogP contribution in [0.15, 0.2) is 108 Å². The van der Waals surface area contributed by atoms with E-state index >= 15 is 0 Å². The highest BCUT2D eigenvalue weighted by Gasteiger charge is 2.58. The summed E-state index contributed by atoms with van der Waals surface area (Å²) in [6, 6.07) is 42.1. The van der Waals surface area contributed by atoms with Crippen molar-refractivity contribution < 1.29 is 4.42 Å². The van der Waals surface area contributed by atoms with Gasteiger partial charge in [0, 0.05) is 50.6 Å². The highest BCUT2D eigenvalue weighted by atomic mass is 16.3. The van der Waals surface area contributed by atoms with Crippen LogP contribution >= 0.6 is 0 Å².